The molecular weight excluding hydrogens is 745 g/mol. The molecule has 2 nitrogen and oxygen atoms in total. The Balaban J connectivity index is 1.29. The topological polar surface area (TPSA) is 17.8 Å². The van der Waals surface area contributed by atoms with Crippen LogP contribution in [-0.4, -0.2) is 9.55 Å². The zero-order chi connectivity index (χ0) is 39.3. The van der Waals surface area contributed by atoms with Gasteiger partial charge in [-0.15, -0.1) is 11.3 Å². The van der Waals surface area contributed by atoms with Crippen molar-refractivity contribution in [3.8, 4) is 39.3 Å². The highest BCUT2D eigenvalue weighted by atomic mass is 32.1. The van der Waals surface area contributed by atoms with Crippen molar-refractivity contribution in [2.75, 3.05) is 0 Å². The molecule has 3 heteroatoms. The molecule has 0 radical (unpaired) electrons. The third-order valence-corrected chi connectivity index (χ3v) is 13.8. The fraction of sp³-hybridized carbons (Fsp3) is 0. The molecule has 0 fully saturated rings. The van der Waals surface area contributed by atoms with E-state index in [9.17, 15) is 0 Å². The lowest BCUT2D eigenvalue weighted by Gasteiger charge is -2.16. The van der Waals surface area contributed by atoms with Crippen LogP contribution < -0.4 is 0 Å². The highest BCUT2D eigenvalue weighted by Crippen LogP contribution is 2.53. The highest BCUT2D eigenvalue weighted by molar-refractivity contribution is 7.27. The third kappa shape index (κ3) is 4.78. The number of nitrogens with zero attached hydrogens (tertiary/aromatic N) is 2. The van der Waals surface area contributed by atoms with Gasteiger partial charge in [0.2, 0.25) is 0 Å². The minimum atomic E-state index is 0.943. The molecule has 0 unspecified atom stereocenters. The normalized spacial score (nSPS) is 12.0. The molecule has 0 N–H and O–H groups in total. The summed E-state index contributed by atoms with van der Waals surface area (Å²) < 4.78 is 5.22. The van der Waals surface area contributed by atoms with Gasteiger partial charge in [0, 0.05) is 63.8 Å². The number of fused-ring (bicyclic) bond motifs is 16. The second kappa shape index (κ2) is 13.0. The van der Waals surface area contributed by atoms with E-state index >= 15 is 0 Å². The number of pyridine rings is 1. The van der Waals surface area contributed by atoms with Crippen LogP contribution in [0.15, 0.2) is 206 Å². The molecular formula is C57H34N2S. The molecule has 0 spiro atoms. The van der Waals surface area contributed by atoms with Gasteiger partial charge in [0.05, 0.1) is 28.1 Å². The molecule has 0 bridgehead atoms. The van der Waals surface area contributed by atoms with Crippen LogP contribution >= 0.6 is 11.3 Å². The summed E-state index contributed by atoms with van der Waals surface area (Å²) in [6.45, 7) is 0. The Hall–Kier alpha value is -7.59. The van der Waals surface area contributed by atoms with E-state index in [-0.39, 0.29) is 0 Å². The molecule has 0 aliphatic carbocycles. The Bertz CT molecular complexity index is 3810. The summed E-state index contributed by atoms with van der Waals surface area (Å²) in [6.07, 6.45) is 0. The van der Waals surface area contributed by atoms with Gasteiger partial charge >= 0.3 is 0 Å². The van der Waals surface area contributed by atoms with Crippen LogP contribution in [0.5, 0.6) is 0 Å². The largest absolute Gasteiger partial charge is 0.308 e. The van der Waals surface area contributed by atoms with Crippen LogP contribution in [0.2, 0.25) is 0 Å². The van der Waals surface area contributed by atoms with Crippen molar-refractivity contribution in [3.05, 3.63) is 206 Å². The zero-order valence-electron chi connectivity index (χ0n) is 32.4. The van der Waals surface area contributed by atoms with Gasteiger partial charge in [-0.25, -0.2) is 4.98 Å². The first-order valence-corrected chi connectivity index (χ1v) is 21.4. The number of hydrogen-bond acceptors (Lipinski definition) is 2. The Morgan fingerprint density at radius 3 is 1.52 bits per heavy atom. The lowest BCUT2D eigenvalue weighted by atomic mass is 9.93. The smallest absolute Gasteiger partial charge is 0.0730 e. The summed E-state index contributed by atoms with van der Waals surface area (Å²) in [5.74, 6) is 0. The lowest BCUT2D eigenvalue weighted by Crippen LogP contribution is -1.99. The van der Waals surface area contributed by atoms with Crippen molar-refractivity contribution in [1.82, 2.24) is 9.55 Å². The number of benzene rings is 10. The van der Waals surface area contributed by atoms with Crippen LogP contribution in [0.1, 0.15) is 0 Å². The van der Waals surface area contributed by atoms with E-state index in [1.807, 2.05) is 11.3 Å². The average Bonchev–Trinajstić information content (AvgIpc) is 3.90. The zero-order valence-corrected chi connectivity index (χ0v) is 33.2. The molecule has 278 valence electrons. The number of thiophene rings is 1. The van der Waals surface area contributed by atoms with Gasteiger partial charge in [-0.3, -0.25) is 0 Å². The molecule has 10 aromatic carbocycles. The van der Waals surface area contributed by atoms with Crippen LogP contribution in [0.25, 0.3) is 124 Å². The van der Waals surface area contributed by atoms with Crippen molar-refractivity contribution < 1.29 is 0 Å². The van der Waals surface area contributed by atoms with Crippen molar-refractivity contribution in [1.29, 1.82) is 0 Å². The SMILES string of the molecule is c1ccc(-c2cc(-n3c4c5ccccc5c5ccccc5c4c4c5c6cccc(-c7cccc8ccccc78)c6sc5c5ccccc5c43)cc(-c3ccccc3)n2)cc1. The molecule has 0 amide bonds. The fourth-order valence-corrected chi connectivity index (χ4v) is 11.4. The monoisotopic (exact) mass is 778 g/mol. The Morgan fingerprint density at radius 1 is 0.333 bits per heavy atom. The molecule has 60 heavy (non-hydrogen) atoms. The van der Waals surface area contributed by atoms with Crippen LogP contribution in [0.3, 0.4) is 0 Å². The first-order valence-electron chi connectivity index (χ1n) is 20.5. The van der Waals surface area contributed by atoms with Crippen molar-refractivity contribution >= 4 is 96.4 Å². The maximum absolute atomic E-state index is 5.35. The molecule has 0 saturated heterocycles. The van der Waals surface area contributed by atoms with E-state index in [0.29, 0.717) is 0 Å². The van der Waals surface area contributed by atoms with Crippen molar-refractivity contribution in [3.63, 3.8) is 0 Å². The number of aromatic nitrogens is 2. The van der Waals surface area contributed by atoms with Gasteiger partial charge in [-0.05, 0) is 44.6 Å². The molecule has 0 atom stereocenters. The van der Waals surface area contributed by atoms with Gasteiger partial charge < -0.3 is 4.57 Å². The van der Waals surface area contributed by atoms with Gasteiger partial charge in [0.1, 0.15) is 0 Å². The summed E-state index contributed by atoms with van der Waals surface area (Å²) in [6, 6.07) is 75.3. The molecule has 0 aliphatic heterocycles. The predicted octanol–water partition coefficient (Wildman–Crippen LogP) is 16.2. The second-order valence-electron chi connectivity index (χ2n) is 15.8. The molecule has 3 heterocycles. The lowest BCUT2D eigenvalue weighted by molar-refractivity contribution is 1.17. The summed E-state index contributed by atoms with van der Waals surface area (Å²) in [4.78, 5) is 5.35. The van der Waals surface area contributed by atoms with E-state index < -0.39 is 0 Å². The van der Waals surface area contributed by atoms with Crippen molar-refractivity contribution in [2.45, 2.75) is 0 Å². The fourth-order valence-electron chi connectivity index (χ4n) is 9.98. The molecule has 0 saturated carbocycles. The third-order valence-electron chi connectivity index (χ3n) is 12.5. The summed E-state index contributed by atoms with van der Waals surface area (Å²) in [7, 11) is 0. The van der Waals surface area contributed by atoms with E-state index in [2.05, 4.69) is 211 Å². The van der Waals surface area contributed by atoms with E-state index in [4.69, 9.17) is 4.98 Å². The van der Waals surface area contributed by atoms with Crippen LogP contribution in [-0.2, 0) is 0 Å². The van der Waals surface area contributed by atoms with Crippen LogP contribution in [0.4, 0.5) is 0 Å². The predicted molar refractivity (Wildman–Crippen MR) is 258 cm³/mol. The van der Waals surface area contributed by atoms with E-state index in [1.165, 1.54) is 96.2 Å². The van der Waals surface area contributed by atoms with E-state index in [1.54, 1.807) is 0 Å². The molecule has 13 aromatic rings. The van der Waals surface area contributed by atoms with Gasteiger partial charge in [0.15, 0.2) is 0 Å². The van der Waals surface area contributed by atoms with Crippen molar-refractivity contribution in [2.24, 2.45) is 0 Å². The first kappa shape index (κ1) is 33.4. The summed E-state index contributed by atoms with van der Waals surface area (Å²) in [5.41, 5.74) is 10.1. The summed E-state index contributed by atoms with van der Waals surface area (Å²) >= 11 is 1.94. The number of hydrogen-bond donors (Lipinski definition) is 0. The summed E-state index contributed by atoms with van der Waals surface area (Å²) in [5, 5.41) is 15.2. The molecule has 3 aromatic heterocycles. The first-order chi connectivity index (χ1) is 29.8. The Morgan fingerprint density at radius 2 is 0.817 bits per heavy atom. The van der Waals surface area contributed by atoms with E-state index in [0.717, 1.165) is 28.2 Å². The van der Waals surface area contributed by atoms with Gasteiger partial charge in [-0.1, -0.05) is 194 Å². The maximum Gasteiger partial charge on any atom is 0.0730 e. The Kier molecular flexibility index (Phi) is 7.21. The quantitative estimate of drug-likeness (QED) is 0.163. The standard InChI is InChI=1S/C57H34N2S/c1-3-18-36(19-4-1)49-33-38(34-50(58-49)37-20-5-2-6-21-37)59-54-44-27-12-10-25-42(44)41-24-9-11-26-43(41)51(54)53-52-48-32-16-31-46(40-30-15-22-35-17-7-8-23-39(35)40)56(48)60-57(52)47-29-14-13-28-45(47)55(53)59/h1-34H. The minimum absolute atomic E-state index is 0.943. The molecule has 13 rings (SSSR count). The van der Waals surface area contributed by atoms with Crippen LogP contribution in [0, 0.1) is 0 Å². The maximum atomic E-state index is 5.35. The Labute approximate surface area is 349 Å². The molecule has 0 aliphatic rings. The number of rotatable bonds is 4. The van der Waals surface area contributed by atoms with Gasteiger partial charge in [-0.2, -0.15) is 0 Å². The average molecular weight is 779 g/mol. The van der Waals surface area contributed by atoms with Gasteiger partial charge in [0.25, 0.3) is 0 Å². The second-order valence-corrected chi connectivity index (χ2v) is 16.8. The highest BCUT2D eigenvalue weighted by Gasteiger charge is 2.26. The minimum Gasteiger partial charge on any atom is -0.308 e.